The van der Waals surface area contributed by atoms with Gasteiger partial charge in [-0.05, 0) is 37.8 Å². The monoisotopic (exact) mass is 446 g/mol. The highest BCUT2D eigenvalue weighted by atomic mass is 32.2. The molecule has 0 radical (unpaired) electrons. The van der Waals surface area contributed by atoms with E-state index in [1.807, 2.05) is 22.9 Å². The highest BCUT2D eigenvalue weighted by Crippen LogP contribution is 2.42. The van der Waals surface area contributed by atoms with Gasteiger partial charge in [-0.2, -0.15) is 0 Å². The van der Waals surface area contributed by atoms with E-state index in [9.17, 15) is 13.2 Å². The summed E-state index contributed by atoms with van der Waals surface area (Å²) in [5.74, 6) is 1.17. The molecule has 1 saturated carbocycles. The van der Waals surface area contributed by atoms with Gasteiger partial charge in [0.05, 0.1) is 18.9 Å². The first-order chi connectivity index (χ1) is 14.9. The Morgan fingerprint density at radius 3 is 2.77 bits per heavy atom. The quantitative estimate of drug-likeness (QED) is 0.750. The zero-order chi connectivity index (χ0) is 21.6. The van der Waals surface area contributed by atoms with Gasteiger partial charge in [0.2, 0.25) is 10.0 Å². The van der Waals surface area contributed by atoms with E-state index in [0.717, 1.165) is 18.7 Å². The van der Waals surface area contributed by atoms with Gasteiger partial charge in [0.1, 0.15) is 17.2 Å². The number of benzene rings is 1. The van der Waals surface area contributed by atoms with Crippen molar-refractivity contribution in [3.8, 4) is 5.75 Å². The van der Waals surface area contributed by atoms with Crippen molar-refractivity contribution in [1.29, 1.82) is 0 Å². The molecule has 2 fully saturated rings. The molecule has 31 heavy (non-hydrogen) atoms. The summed E-state index contributed by atoms with van der Waals surface area (Å²) in [6, 6.07) is 7.16. The molecule has 2 aliphatic heterocycles. The number of hydrogen-bond donors (Lipinski definition) is 1. The summed E-state index contributed by atoms with van der Waals surface area (Å²) in [5.41, 5.74) is -0.142. The topological polar surface area (TPSA) is 103 Å². The summed E-state index contributed by atoms with van der Waals surface area (Å²) in [4.78, 5) is 17.5. The maximum Gasteiger partial charge on any atom is 0.255 e. The second-order valence-electron chi connectivity index (χ2n) is 8.37. The van der Waals surface area contributed by atoms with Crippen LogP contribution < -0.4 is 10.1 Å². The zero-order valence-corrected chi connectivity index (χ0v) is 18.2. The van der Waals surface area contributed by atoms with Crippen LogP contribution in [-0.4, -0.2) is 59.7 Å². The molecule has 1 atom stereocenters. The Balaban J connectivity index is 1.34. The van der Waals surface area contributed by atoms with E-state index >= 15 is 0 Å². The van der Waals surface area contributed by atoms with Crippen LogP contribution in [0.15, 0.2) is 36.7 Å². The number of hydrogen-bond acceptors (Lipinski definition) is 6. The lowest BCUT2D eigenvalue weighted by Gasteiger charge is -2.45. The summed E-state index contributed by atoms with van der Waals surface area (Å²) in [5, 5.41) is 2.68. The SMILES string of the molecule is COc1cccc(NC(=O)[C@H]2Cn3ccnc3C3(CCN(S(=O)(=O)C4CC4)CC3)O2)c1. The van der Waals surface area contributed by atoms with Crippen LogP contribution in [-0.2, 0) is 31.7 Å². The molecule has 1 aromatic heterocycles. The molecule has 1 amide bonds. The number of rotatable bonds is 5. The minimum atomic E-state index is -3.23. The second-order valence-corrected chi connectivity index (χ2v) is 10.6. The molecule has 1 aromatic carbocycles. The molecule has 0 bridgehead atoms. The van der Waals surface area contributed by atoms with E-state index in [1.165, 1.54) is 0 Å². The van der Waals surface area contributed by atoms with E-state index in [4.69, 9.17) is 9.47 Å². The number of imidazole rings is 1. The van der Waals surface area contributed by atoms with E-state index in [0.29, 0.717) is 43.9 Å². The van der Waals surface area contributed by atoms with Crippen LogP contribution in [0.5, 0.6) is 5.75 Å². The van der Waals surface area contributed by atoms with Crippen LogP contribution in [0.3, 0.4) is 0 Å². The fourth-order valence-corrected chi connectivity index (χ4v) is 6.32. The normalized spacial score (nSPS) is 23.3. The Morgan fingerprint density at radius 2 is 2.06 bits per heavy atom. The van der Waals surface area contributed by atoms with Gasteiger partial charge in [0, 0.05) is 37.2 Å². The minimum absolute atomic E-state index is 0.225. The molecule has 166 valence electrons. The fraction of sp³-hybridized carbons (Fsp3) is 0.524. The number of nitrogens with one attached hydrogen (secondary N) is 1. The van der Waals surface area contributed by atoms with Crippen molar-refractivity contribution in [2.75, 3.05) is 25.5 Å². The summed E-state index contributed by atoms with van der Waals surface area (Å²) in [6.45, 7) is 1.10. The highest BCUT2D eigenvalue weighted by Gasteiger charge is 2.50. The standard InChI is InChI=1S/C21H26N4O5S/c1-29-16-4-2-3-15(13-16)23-19(26)18-14-24-12-9-22-20(24)21(30-18)7-10-25(11-8-21)31(27,28)17-5-6-17/h2-4,9,12-13,17-18H,5-8,10-11,14H2,1H3,(H,23,26)/t18-/m1/s1. The molecule has 2 aromatic rings. The Labute approximate surface area is 181 Å². The average Bonchev–Trinajstić information content (AvgIpc) is 3.53. The number of aromatic nitrogens is 2. The Morgan fingerprint density at radius 1 is 1.29 bits per heavy atom. The number of sulfonamides is 1. The first-order valence-corrected chi connectivity index (χ1v) is 12.0. The lowest BCUT2D eigenvalue weighted by Crippen LogP contribution is -2.54. The van der Waals surface area contributed by atoms with Gasteiger partial charge < -0.3 is 19.4 Å². The zero-order valence-electron chi connectivity index (χ0n) is 17.4. The third-order valence-electron chi connectivity index (χ3n) is 6.32. The van der Waals surface area contributed by atoms with Gasteiger partial charge in [-0.25, -0.2) is 17.7 Å². The maximum absolute atomic E-state index is 13.0. The summed E-state index contributed by atoms with van der Waals surface area (Å²) >= 11 is 0. The van der Waals surface area contributed by atoms with Crippen molar-refractivity contribution in [3.63, 3.8) is 0 Å². The molecular formula is C21H26N4O5S. The van der Waals surface area contributed by atoms with Crippen molar-refractivity contribution >= 4 is 21.6 Å². The second kappa shape index (κ2) is 7.61. The Hall–Kier alpha value is -2.43. The van der Waals surface area contributed by atoms with Gasteiger partial charge in [0.25, 0.3) is 5.91 Å². The van der Waals surface area contributed by atoms with E-state index in [2.05, 4.69) is 10.3 Å². The Kier molecular flexibility index (Phi) is 5.03. The smallest absolute Gasteiger partial charge is 0.255 e. The number of carbonyl (C=O) groups is 1. The number of piperidine rings is 1. The van der Waals surface area contributed by atoms with Crippen molar-refractivity contribution in [1.82, 2.24) is 13.9 Å². The van der Waals surface area contributed by atoms with Crippen molar-refractivity contribution in [2.24, 2.45) is 0 Å². The highest BCUT2D eigenvalue weighted by molar-refractivity contribution is 7.90. The number of fused-ring (bicyclic) bond motifs is 2. The van der Waals surface area contributed by atoms with Crippen LogP contribution in [0.1, 0.15) is 31.5 Å². The predicted octanol–water partition coefficient (Wildman–Crippen LogP) is 1.71. The number of amides is 1. The van der Waals surface area contributed by atoms with Crippen LogP contribution >= 0.6 is 0 Å². The lowest BCUT2D eigenvalue weighted by atomic mass is 9.89. The van der Waals surface area contributed by atoms with Crippen molar-refractivity contribution < 1.29 is 22.7 Å². The average molecular weight is 447 g/mol. The largest absolute Gasteiger partial charge is 0.497 e. The Bertz CT molecular complexity index is 1090. The van der Waals surface area contributed by atoms with E-state index in [-0.39, 0.29) is 11.2 Å². The van der Waals surface area contributed by atoms with E-state index < -0.39 is 21.7 Å². The van der Waals surface area contributed by atoms with Crippen molar-refractivity contribution in [2.45, 2.75) is 49.2 Å². The van der Waals surface area contributed by atoms with Gasteiger partial charge in [-0.3, -0.25) is 4.79 Å². The van der Waals surface area contributed by atoms with Crippen LogP contribution in [0, 0.1) is 0 Å². The molecule has 0 unspecified atom stereocenters. The van der Waals surface area contributed by atoms with Crippen LogP contribution in [0.4, 0.5) is 5.69 Å². The maximum atomic E-state index is 13.0. The molecule has 1 N–H and O–H groups in total. The molecule has 3 aliphatic rings. The molecular weight excluding hydrogens is 420 g/mol. The lowest BCUT2D eigenvalue weighted by molar-refractivity contribution is -0.166. The molecule has 1 aliphatic carbocycles. The molecule has 9 nitrogen and oxygen atoms in total. The summed E-state index contributed by atoms with van der Waals surface area (Å²) < 4.78 is 40.4. The van der Waals surface area contributed by atoms with E-state index in [1.54, 1.807) is 29.7 Å². The van der Waals surface area contributed by atoms with Gasteiger partial charge in [-0.1, -0.05) is 6.07 Å². The minimum Gasteiger partial charge on any atom is -0.497 e. The fourth-order valence-electron chi connectivity index (χ4n) is 4.48. The van der Waals surface area contributed by atoms with Gasteiger partial charge >= 0.3 is 0 Å². The summed E-state index contributed by atoms with van der Waals surface area (Å²) in [6.07, 6.45) is 5.28. The molecule has 5 rings (SSSR count). The number of nitrogens with zero attached hydrogens (tertiary/aromatic N) is 3. The van der Waals surface area contributed by atoms with Crippen LogP contribution in [0.2, 0.25) is 0 Å². The number of anilines is 1. The van der Waals surface area contributed by atoms with Crippen molar-refractivity contribution in [3.05, 3.63) is 42.5 Å². The molecule has 10 heteroatoms. The van der Waals surface area contributed by atoms with Crippen LogP contribution in [0.25, 0.3) is 0 Å². The van der Waals surface area contributed by atoms with Gasteiger partial charge in [-0.15, -0.1) is 0 Å². The third kappa shape index (κ3) is 3.72. The first kappa shape index (κ1) is 20.5. The summed E-state index contributed by atoms with van der Waals surface area (Å²) in [7, 11) is -1.65. The first-order valence-electron chi connectivity index (χ1n) is 10.5. The molecule has 1 spiro atoms. The third-order valence-corrected chi connectivity index (χ3v) is 8.72. The number of carbonyl (C=O) groups excluding carboxylic acids is 1. The number of ether oxygens (including phenoxy) is 2. The van der Waals surface area contributed by atoms with Gasteiger partial charge in [0.15, 0.2) is 6.10 Å². The number of methoxy groups -OCH3 is 1. The predicted molar refractivity (Wildman–Crippen MR) is 113 cm³/mol. The molecule has 1 saturated heterocycles. The molecule has 3 heterocycles.